The van der Waals surface area contributed by atoms with Gasteiger partial charge in [-0.3, -0.25) is 0 Å². The van der Waals surface area contributed by atoms with Gasteiger partial charge >= 0.3 is 6.18 Å². The first-order valence-corrected chi connectivity index (χ1v) is 9.20. The molecule has 0 saturated heterocycles. The maximum Gasteiger partial charge on any atom is 0.457 e. The zero-order chi connectivity index (χ0) is 17.2. The molecule has 23 heavy (non-hydrogen) atoms. The molecule has 0 atom stereocenters. The van der Waals surface area contributed by atoms with E-state index < -0.39 is 6.18 Å². The molecule has 0 N–H and O–H groups in total. The minimum absolute atomic E-state index is 0.363. The molecule has 0 aromatic rings. The van der Waals surface area contributed by atoms with Crippen molar-refractivity contribution in [2.45, 2.75) is 96.6 Å². The fourth-order valence-electron chi connectivity index (χ4n) is 2.42. The Balaban J connectivity index is 3.09. The molecule has 0 aliphatic carbocycles. The minimum Gasteiger partial charge on any atom is -0.381 e. The van der Waals surface area contributed by atoms with Crippen LogP contribution < -0.4 is 0 Å². The predicted molar refractivity (Wildman–Crippen MR) is 90.3 cm³/mol. The van der Waals surface area contributed by atoms with E-state index in [9.17, 15) is 13.2 Å². The normalized spacial score (nSPS) is 11.3. The van der Waals surface area contributed by atoms with Crippen LogP contribution in [-0.4, -0.2) is 19.4 Å². The Bertz CT molecular complexity index is 302. The topological polar surface area (TPSA) is 9.23 Å². The van der Waals surface area contributed by atoms with Gasteiger partial charge in [0, 0.05) is 25.6 Å². The minimum atomic E-state index is -4.33. The summed E-state index contributed by atoms with van der Waals surface area (Å²) in [4.78, 5) is 0. The van der Waals surface area contributed by atoms with Gasteiger partial charge in [-0.25, -0.2) is 0 Å². The number of ether oxygens (including phenoxy) is 1. The Labute approximate surface area is 140 Å². The van der Waals surface area contributed by atoms with Gasteiger partial charge in [0.1, 0.15) is 0 Å². The van der Waals surface area contributed by atoms with Crippen molar-refractivity contribution in [3.8, 4) is 11.8 Å². The number of unbranched alkanes of at least 4 members (excludes halogenated alkanes) is 11. The first kappa shape index (κ1) is 22.3. The van der Waals surface area contributed by atoms with Crippen molar-refractivity contribution in [2.24, 2.45) is 0 Å². The highest BCUT2D eigenvalue weighted by Gasteiger charge is 2.22. The molecule has 0 aliphatic heterocycles. The summed E-state index contributed by atoms with van der Waals surface area (Å²) in [6, 6.07) is 0. The molecule has 0 amide bonds. The van der Waals surface area contributed by atoms with E-state index in [4.69, 9.17) is 4.74 Å². The Morgan fingerprint density at radius 2 is 1.17 bits per heavy atom. The molecule has 1 nitrogen and oxygen atoms in total. The first-order chi connectivity index (χ1) is 11.1. The van der Waals surface area contributed by atoms with Crippen LogP contribution in [0.25, 0.3) is 0 Å². The van der Waals surface area contributed by atoms with Gasteiger partial charge in [-0.1, -0.05) is 70.6 Å². The van der Waals surface area contributed by atoms with Crippen LogP contribution in [0.4, 0.5) is 13.2 Å². The van der Waals surface area contributed by atoms with Crippen LogP contribution in [0.5, 0.6) is 0 Å². The first-order valence-electron chi connectivity index (χ1n) is 9.20. The van der Waals surface area contributed by atoms with Gasteiger partial charge in [0.25, 0.3) is 0 Å². The third-order valence-electron chi connectivity index (χ3n) is 3.67. The summed E-state index contributed by atoms with van der Waals surface area (Å²) >= 11 is 0. The van der Waals surface area contributed by atoms with Gasteiger partial charge in [-0.15, -0.1) is 0 Å². The van der Waals surface area contributed by atoms with Crippen molar-refractivity contribution in [3.63, 3.8) is 0 Å². The molecule has 4 heteroatoms. The largest absolute Gasteiger partial charge is 0.457 e. The molecule has 0 aromatic heterocycles. The van der Waals surface area contributed by atoms with Crippen LogP contribution in [0.3, 0.4) is 0 Å². The van der Waals surface area contributed by atoms with Crippen molar-refractivity contribution in [3.05, 3.63) is 0 Å². The van der Waals surface area contributed by atoms with Gasteiger partial charge in [0.05, 0.1) is 0 Å². The average Bonchev–Trinajstić information content (AvgIpc) is 2.49. The highest BCUT2D eigenvalue weighted by atomic mass is 19.4. The number of halogens is 3. The van der Waals surface area contributed by atoms with Gasteiger partial charge in [-0.2, -0.15) is 13.2 Å². The fourth-order valence-corrected chi connectivity index (χ4v) is 2.42. The van der Waals surface area contributed by atoms with Crippen LogP contribution in [0.15, 0.2) is 0 Å². The molecule has 0 spiro atoms. The van der Waals surface area contributed by atoms with E-state index in [0.29, 0.717) is 6.42 Å². The molecule has 0 heterocycles. The van der Waals surface area contributed by atoms with Crippen molar-refractivity contribution in [1.29, 1.82) is 0 Å². The molecule has 0 fully saturated rings. The lowest BCUT2D eigenvalue weighted by Crippen LogP contribution is -2.01. The summed E-state index contributed by atoms with van der Waals surface area (Å²) in [6.07, 6.45) is 10.1. The second kappa shape index (κ2) is 16.2. The van der Waals surface area contributed by atoms with Crippen molar-refractivity contribution in [2.75, 3.05) is 13.2 Å². The predicted octanol–water partition coefficient (Wildman–Crippen LogP) is 6.66. The lowest BCUT2D eigenvalue weighted by Gasteiger charge is -2.03. The van der Waals surface area contributed by atoms with Gasteiger partial charge in [0.15, 0.2) is 0 Å². The van der Waals surface area contributed by atoms with Crippen molar-refractivity contribution >= 4 is 0 Å². The monoisotopic (exact) mass is 334 g/mol. The van der Waals surface area contributed by atoms with Crippen LogP contribution >= 0.6 is 0 Å². The van der Waals surface area contributed by atoms with Gasteiger partial charge < -0.3 is 4.74 Å². The number of hydrogen-bond donors (Lipinski definition) is 0. The van der Waals surface area contributed by atoms with Gasteiger partial charge in [0.2, 0.25) is 0 Å². The summed E-state index contributed by atoms with van der Waals surface area (Å²) in [7, 11) is 0. The second-order valence-corrected chi connectivity index (χ2v) is 6.05. The van der Waals surface area contributed by atoms with Crippen LogP contribution in [0.2, 0.25) is 0 Å². The number of rotatable bonds is 15. The zero-order valence-electron chi connectivity index (χ0n) is 14.6. The Hall–Kier alpha value is -0.690. The van der Waals surface area contributed by atoms with E-state index >= 15 is 0 Å². The zero-order valence-corrected chi connectivity index (χ0v) is 14.6. The lowest BCUT2D eigenvalue weighted by molar-refractivity contribution is -0.0697. The van der Waals surface area contributed by atoms with E-state index in [1.165, 1.54) is 57.3 Å². The van der Waals surface area contributed by atoms with Crippen molar-refractivity contribution < 1.29 is 17.9 Å². The summed E-state index contributed by atoms with van der Waals surface area (Å²) in [5.41, 5.74) is 0. The van der Waals surface area contributed by atoms with E-state index in [-0.39, 0.29) is 0 Å². The second-order valence-electron chi connectivity index (χ2n) is 6.05. The van der Waals surface area contributed by atoms with E-state index in [2.05, 4.69) is 12.8 Å². The summed E-state index contributed by atoms with van der Waals surface area (Å²) in [5.74, 6) is 3.50. The molecule has 0 rings (SSSR count). The molecular formula is C19H33F3O. The Morgan fingerprint density at radius 3 is 1.65 bits per heavy atom. The smallest absolute Gasteiger partial charge is 0.381 e. The quantitative estimate of drug-likeness (QED) is 0.240. The fraction of sp³-hybridized carbons (Fsp3) is 0.895. The summed E-state index contributed by atoms with van der Waals surface area (Å²) in [5, 5.41) is 0. The summed E-state index contributed by atoms with van der Waals surface area (Å²) in [6.45, 7) is 3.91. The van der Waals surface area contributed by atoms with Crippen LogP contribution in [0.1, 0.15) is 90.4 Å². The molecular weight excluding hydrogens is 301 g/mol. The van der Waals surface area contributed by atoms with E-state index in [1.54, 1.807) is 0 Å². The third kappa shape index (κ3) is 21.3. The maximum absolute atomic E-state index is 11.8. The highest BCUT2D eigenvalue weighted by molar-refractivity contribution is 5.04. The summed E-state index contributed by atoms with van der Waals surface area (Å²) < 4.78 is 40.8. The molecule has 0 saturated carbocycles. The Kier molecular flexibility index (Phi) is 15.7. The Morgan fingerprint density at radius 1 is 0.696 bits per heavy atom. The van der Waals surface area contributed by atoms with E-state index in [0.717, 1.165) is 38.9 Å². The third-order valence-corrected chi connectivity index (χ3v) is 3.67. The lowest BCUT2D eigenvalue weighted by atomic mass is 10.1. The van der Waals surface area contributed by atoms with E-state index in [1.807, 2.05) is 0 Å². The highest BCUT2D eigenvalue weighted by Crippen LogP contribution is 2.13. The molecule has 0 radical (unpaired) electrons. The molecule has 0 unspecified atom stereocenters. The number of hydrogen-bond acceptors (Lipinski definition) is 1. The number of alkyl halides is 3. The van der Waals surface area contributed by atoms with Crippen LogP contribution in [0, 0.1) is 11.8 Å². The standard InChI is InChI=1S/C19H33F3O/c1-2-17-23-18-15-13-11-9-7-5-3-4-6-8-10-12-14-16-19(20,21)22/h2-13,15,17-18H2,1H3. The molecule has 0 aliphatic rings. The molecule has 136 valence electrons. The van der Waals surface area contributed by atoms with Gasteiger partial charge in [-0.05, 0) is 19.3 Å². The SMILES string of the molecule is CCCOCCCCCCCCCCCCCC#CC(F)(F)F. The average molecular weight is 334 g/mol. The molecule has 0 bridgehead atoms. The van der Waals surface area contributed by atoms with Crippen molar-refractivity contribution in [1.82, 2.24) is 0 Å². The molecule has 0 aromatic carbocycles. The maximum atomic E-state index is 11.8. The van der Waals surface area contributed by atoms with Crippen LogP contribution in [-0.2, 0) is 4.74 Å².